The second kappa shape index (κ2) is 2.94. The molecule has 1 unspecified atom stereocenters. The lowest BCUT2D eigenvalue weighted by atomic mass is 10.2. The first-order valence-electron chi connectivity index (χ1n) is 3.20. The molecule has 0 spiro atoms. The van der Waals surface area contributed by atoms with E-state index in [4.69, 9.17) is 0 Å². The highest BCUT2D eigenvalue weighted by atomic mass is 16.1. The molecule has 0 aromatic rings. The van der Waals surface area contributed by atoms with Gasteiger partial charge in [-0.1, -0.05) is 0 Å². The van der Waals surface area contributed by atoms with Gasteiger partial charge in [0.1, 0.15) is 6.29 Å². The van der Waals surface area contributed by atoms with Crippen LogP contribution in [0.25, 0.3) is 0 Å². The van der Waals surface area contributed by atoms with Crippen LogP contribution in [-0.4, -0.2) is 37.5 Å². The summed E-state index contributed by atoms with van der Waals surface area (Å²) in [5, 5.41) is 3.08. The number of hydrogen-bond acceptors (Lipinski definition) is 3. The van der Waals surface area contributed by atoms with Crippen LogP contribution >= 0.6 is 0 Å². The van der Waals surface area contributed by atoms with E-state index in [9.17, 15) is 4.79 Å². The van der Waals surface area contributed by atoms with Crippen molar-refractivity contribution in [3.63, 3.8) is 0 Å². The van der Waals surface area contributed by atoms with E-state index in [0.29, 0.717) is 0 Å². The Morgan fingerprint density at radius 2 is 2.56 bits per heavy atom. The van der Waals surface area contributed by atoms with E-state index in [0.717, 1.165) is 25.9 Å². The zero-order valence-electron chi connectivity index (χ0n) is 5.63. The Labute approximate surface area is 55.0 Å². The molecule has 3 heteroatoms. The second-order valence-corrected chi connectivity index (χ2v) is 2.47. The summed E-state index contributed by atoms with van der Waals surface area (Å²) in [6.07, 6.45) is 1.92. The third kappa shape index (κ3) is 1.77. The van der Waals surface area contributed by atoms with Gasteiger partial charge in [-0.25, -0.2) is 0 Å². The summed E-state index contributed by atoms with van der Waals surface area (Å²) >= 11 is 0. The van der Waals surface area contributed by atoms with Crippen LogP contribution in [0.5, 0.6) is 0 Å². The lowest BCUT2D eigenvalue weighted by Crippen LogP contribution is -2.46. The minimum Gasteiger partial charge on any atom is -0.302 e. The third-order valence-electron chi connectivity index (χ3n) is 1.61. The fourth-order valence-electron chi connectivity index (χ4n) is 0.930. The first-order chi connectivity index (χ1) is 4.33. The minimum absolute atomic E-state index is 0.0983. The number of carbonyl (C=O) groups is 1. The fourth-order valence-corrected chi connectivity index (χ4v) is 0.930. The van der Waals surface area contributed by atoms with Crippen LogP contribution < -0.4 is 5.32 Å². The molecule has 1 N–H and O–H groups in total. The Hall–Kier alpha value is -0.410. The predicted molar refractivity (Wildman–Crippen MR) is 35.1 cm³/mol. The standard InChI is InChI=1S/C6H12N2O/c1-8-3-2-6(4-9)7-5-8/h4,6-7H,2-3,5H2,1H3. The first-order valence-corrected chi connectivity index (χ1v) is 3.20. The van der Waals surface area contributed by atoms with Crippen molar-refractivity contribution in [1.29, 1.82) is 0 Å². The van der Waals surface area contributed by atoms with E-state index in [1.54, 1.807) is 0 Å². The van der Waals surface area contributed by atoms with Crippen molar-refractivity contribution in [1.82, 2.24) is 10.2 Å². The number of hydrogen-bond donors (Lipinski definition) is 1. The molecule has 0 aliphatic carbocycles. The average Bonchev–Trinajstić information content (AvgIpc) is 1.90. The van der Waals surface area contributed by atoms with Crippen LogP contribution in [0.15, 0.2) is 0 Å². The van der Waals surface area contributed by atoms with Crippen molar-refractivity contribution in [2.75, 3.05) is 20.3 Å². The largest absolute Gasteiger partial charge is 0.302 e. The summed E-state index contributed by atoms with van der Waals surface area (Å²) in [5.41, 5.74) is 0. The lowest BCUT2D eigenvalue weighted by Gasteiger charge is -2.26. The molecule has 1 saturated heterocycles. The molecular formula is C6H12N2O. The summed E-state index contributed by atoms with van der Waals surface area (Å²) < 4.78 is 0. The number of nitrogens with one attached hydrogen (secondary N) is 1. The SMILES string of the molecule is CN1CCC(C=O)NC1. The summed E-state index contributed by atoms with van der Waals surface area (Å²) in [7, 11) is 2.04. The highest BCUT2D eigenvalue weighted by Gasteiger charge is 2.13. The Morgan fingerprint density at radius 1 is 1.78 bits per heavy atom. The van der Waals surface area contributed by atoms with Crippen molar-refractivity contribution >= 4 is 6.29 Å². The normalized spacial score (nSPS) is 30.1. The molecule has 1 heterocycles. The zero-order chi connectivity index (χ0) is 6.69. The van der Waals surface area contributed by atoms with E-state index in [1.165, 1.54) is 0 Å². The monoisotopic (exact) mass is 128 g/mol. The van der Waals surface area contributed by atoms with Gasteiger partial charge < -0.3 is 4.79 Å². The number of rotatable bonds is 1. The first kappa shape index (κ1) is 6.71. The van der Waals surface area contributed by atoms with E-state index >= 15 is 0 Å². The van der Waals surface area contributed by atoms with Gasteiger partial charge in [-0.2, -0.15) is 0 Å². The van der Waals surface area contributed by atoms with Gasteiger partial charge in [-0.15, -0.1) is 0 Å². The highest BCUT2D eigenvalue weighted by molar-refractivity contribution is 5.57. The predicted octanol–water partition coefficient (Wildman–Crippen LogP) is -0.563. The van der Waals surface area contributed by atoms with Gasteiger partial charge in [-0.3, -0.25) is 10.2 Å². The smallest absolute Gasteiger partial charge is 0.136 e. The molecule has 1 aliphatic rings. The summed E-state index contributed by atoms with van der Waals surface area (Å²) in [4.78, 5) is 12.3. The molecule has 0 aromatic carbocycles. The van der Waals surface area contributed by atoms with Crippen LogP contribution in [0.1, 0.15) is 6.42 Å². The van der Waals surface area contributed by atoms with Crippen LogP contribution in [0, 0.1) is 0 Å². The van der Waals surface area contributed by atoms with Crippen molar-refractivity contribution in [3.8, 4) is 0 Å². The fraction of sp³-hybridized carbons (Fsp3) is 0.833. The number of aldehydes is 1. The Bertz CT molecular complexity index is 97.2. The van der Waals surface area contributed by atoms with Crippen LogP contribution in [-0.2, 0) is 4.79 Å². The van der Waals surface area contributed by atoms with Gasteiger partial charge in [0.15, 0.2) is 0 Å². The summed E-state index contributed by atoms with van der Waals surface area (Å²) in [5.74, 6) is 0. The Balaban J connectivity index is 2.26. The molecule has 1 rings (SSSR count). The summed E-state index contributed by atoms with van der Waals surface area (Å²) in [6.45, 7) is 1.86. The van der Waals surface area contributed by atoms with E-state index < -0.39 is 0 Å². The Morgan fingerprint density at radius 3 is 3.00 bits per heavy atom. The van der Waals surface area contributed by atoms with Crippen LogP contribution in [0.3, 0.4) is 0 Å². The third-order valence-corrected chi connectivity index (χ3v) is 1.61. The maximum atomic E-state index is 10.2. The Kier molecular flexibility index (Phi) is 2.19. The maximum Gasteiger partial charge on any atom is 0.136 e. The summed E-state index contributed by atoms with van der Waals surface area (Å²) in [6, 6.07) is 0.0983. The van der Waals surface area contributed by atoms with Crippen LogP contribution in [0.4, 0.5) is 0 Å². The average molecular weight is 128 g/mol. The highest BCUT2D eigenvalue weighted by Crippen LogP contribution is 1.97. The van der Waals surface area contributed by atoms with Gasteiger partial charge in [0.05, 0.1) is 6.04 Å². The van der Waals surface area contributed by atoms with Gasteiger partial charge >= 0.3 is 0 Å². The molecule has 0 bridgehead atoms. The maximum absolute atomic E-state index is 10.2. The minimum atomic E-state index is 0.0983. The molecule has 0 radical (unpaired) electrons. The van der Waals surface area contributed by atoms with Gasteiger partial charge in [0, 0.05) is 13.2 Å². The van der Waals surface area contributed by atoms with E-state index in [1.807, 2.05) is 7.05 Å². The molecule has 9 heavy (non-hydrogen) atoms. The molecule has 1 atom stereocenters. The molecule has 1 aliphatic heterocycles. The van der Waals surface area contributed by atoms with E-state index in [2.05, 4.69) is 10.2 Å². The topological polar surface area (TPSA) is 32.3 Å². The molecule has 0 amide bonds. The molecule has 0 aromatic heterocycles. The molecular weight excluding hydrogens is 116 g/mol. The molecule has 3 nitrogen and oxygen atoms in total. The van der Waals surface area contributed by atoms with Crippen molar-refractivity contribution in [3.05, 3.63) is 0 Å². The molecule has 52 valence electrons. The zero-order valence-corrected chi connectivity index (χ0v) is 5.63. The van der Waals surface area contributed by atoms with Crippen molar-refractivity contribution in [2.45, 2.75) is 12.5 Å². The lowest BCUT2D eigenvalue weighted by molar-refractivity contribution is -0.110. The van der Waals surface area contributed by atoms with E-state index in [-0.39, 0.29) is 6.04 Å². The van der Waals surface area contributed by atoms with Crippen LogP contribution in [0.2, 0.25) is 0 Å². The van der Waals surface area contributed by atoms with Crippen molar-refractivity contribution in [2.24, 2.45) is 0 Å². The quantitative estimate of drug-likeness (QED) is 0.480. The van der Waals surface area contributed by atoms with Gasteiger partial charge in [-0.05, 0) is 13.5 Å². The molecule has 1 fully saturated rings. The second-order valence-electron chi connectivity index (χ2n) is 2.47. The molecule has 0 saturated carbocycles. The van der Waals surface area contributed by atoms with Gasteiger partial charge in [0.25, 0.3) is 0 Å². The number of carbonyl (C=O) groups excluding carboxylic acids is 1. The van der Waals surface area contributed by atoms with Gasteiger partial charge in [0.2, 0.25) is 0 Å². The van der Waals surface area contributed by atoms with Crippen molar-refractivity contribution < 1.29 is 4.79 Å². The number of nitrogens with zero attached hydrogens (tertiary/aromatic N) is 1.